The maximum atomic E-state index is 12.1. The fourth-order valence-corrected chi connectivity index (χ4v) is 2.95. The van der Waals surface area contributed by atoms with E-state index in [-0.39, 0.29) is 5.91 Å². The number of nitrogens with one attached hydrogen (secondary N) is 1. The van der Waals surface area contributed by atoms with Crippen LogP contribution >= 0.6 is 0 Å². The first-order chi connectivity index (χ1) is 11.6. The molecule has 24 heavy (non-hydrogen) atoms. The number of ether oxygens (including phenoxy) is 2. The standard InChI is InChI=1S/C19H30N2O3/c1-16(2)14-17(21-9-12-23-13-10-21)15-20-19(22)8-11-24-18-6-4-3-5-7-18/h3-7,16-17H,8-15H2,1-2H3,(H,20,22). The fraction of sp³-hybridized carbons (Fsp3) is 0.632. The Morgan fingerprint density at radius 1 is 1.25 bits per heavy atom. The van der Waals surface area contributed by atoms with Crippen LogP contribution in [0.1, 0.15) is 26.7 Å². The predicted octanol–water partition coefficient (Wildman–Crippen LogP) is 2.32. The van der Waals surface area contributed by atoms with E-state index in [9.17, 15) is 4.79 Å². The molecule has 1 aliphatic rings. The number of benzene rings is 1. The molecule has 0 saturated carbocycles. The number of carbonyl (C=O) groups is 1. The van der Waals surface area contributed by atoms with Gasteiger partial charge in [-0.1, -0.05) is 32.0 Å². The zero-order chi connectivity index (χ0) is 17.2. The van der Waals surface area contributed by atoms with Gasteiger partial charge in [-0.05, 0) is 24.5 Å². The molecule has 0 aliphatic carbocycles. The third-order valence-electron chi connectivity index (χ3n) is 4.18. The smallest absolute Gasteiger partial charge is 0.223 e. The Morgan fingerprint density at radius 3 is 2.62 bits per heavy atom. The van der Waals surface area contributed by atoms with Gasteiger partial charge in [0.15, 0.2) is 0 Å². The first-order valence-electron chi connectivity index (χ1n) is 8.91. The van der Waals surface area contributed by atoms with Gasteiger partial charge in [-0.25, -0.2) is 0 Å². The molecule has 5 heteroatoms. The lowest BCUT2D eigenvalue weighted by Gasteiger charge is -2.35. The largest absolute Gasteiger partial charge is 0.493 e. The van der Waals surface area contributed by atoms with Crippen LogP contribution in [0.4, 0.5) is 0 Å². The van der Waals surface area contributed by atoms with Gasteiger partial charge in [0.25, 0.3) is 0 Å². The lowest BCUT2D eigenvalue weighted by molar-refractivity contribution is -0.122. The molecule has 0 aromatic heterocycles. The molecule has 0 radical (unpaired) electrons. The fourth-order valence-electron chi connectivity index (χ4n) is 2.95. The van der Waals surface area contributed by atoms with E-state index in [2.05, 4.69) is 24.1 Å². The molecule has 1 unspecified atom stereocenters. The van der Waals surface area contributed by atoms with Gasteiger partial charge in [-0.2, -0.15) is 0 Å². The van der Waals surface area contributed by atoms with E-state index in [1.54, 1.807) is 0 Å². The highest BCUT2D eigenvalue weighted by Gasteiger charge is 2.22. The van der Waals surface area contributed by atoms with Crippen molar-refractivity contribution >= 4 is 5.91 Å². The molecule has 1 amide bonds. The van der Waals surface area contributed by atoms with Crippen molar-refractivity contribution in [2.45, 2.75) is 32.7 Å². The lowest BCUT2D eigenvalue weighted by atomic mass is 10.0. The first-order valence-corrected chi connectivity index (χ1v) is 8.91. The summed E-state index contributed by atoms with van der Waals surface area (Å²) in [6, 6.07) is 9.97. The van der Waals surface area contributed by atoms with Crippen molar-refractivity contribution in [3.8, 4) is 5.75 Å². The number of hydrogen-bond donors (Lipinski definition) is 1. The summed E-state index contributed by atoms with van der Waals surface area (Å²) in [5.41, 5.74) is 0. The Balaban J connectivity index is 1.70. The van der Waals surface area contributed by atoms with E-state index >= 15 is 0 Å². The molecule has 1 saturated heterocycles. The highest BCUT2D eigenvalue weighted by Crippen LogP contribution is 2.13. The molecule has 134 valence electrons. The van der Waals surface area contributed by atoms with Crippen molar-refractivity contribution in [3.63, 3.8) is 0 Å². The van der Waals surface area contributed by atoms with E-state index in [1.807, 2.05) is 30.3 Å². The summed E-state index contributed by atoms with van der Waals surface area (Å²) in [6.07, 6.45) is 1.47. The molecule has 1 N–H and O–H groups in total. The van der Waals surface area contributed by atoms with Gasteiger partial charge in [-0.15, -0.1) is 0 Å². The molecule has 5 nitrogen and oxygen atoms in total. The number of amides is 1. The Bertz CT molecular complexity index is 473. The van der Waals surface area contributed by atoms with E-state index in [4.69, 9.17) is 9.47 Å². The highest BCUT2D eigenvalue weighted by atomic mass is 16.5. The minimum atomic E-state index is 0.0490. The lowest BCUT2D eigenvalue weighted by Crippen LogP contribution is -2.49. The molecular formula is C19H30N2O3. The number of hydrogen-bond acceptors (Lipinski definition) is 4. The molecule has 1 aromatic carbocycles. The van der Waals surface area contributed by atoms with Crippen LogP contribution in [-0.4, -0.2) is 56.3 Å². The summed E-state index contributed by atoms with van der Waals surface area (Å²) in [5.74, 6) is 1.46. The number of carbonyl (C=O) groups excluding carboxylic acids is 1. The molecule has 1 heterocycles. The summed E-state index contributed by atoms with van der Waals surface area (Å²) in [7, 11) is 0. The van der Waals surface area contributed by atoms with Gasteiger partial charge in [-0.3, -0.25) is 9.69 Å². The maximum absolute atomic E-state index is 12.1. The first kappa shape index (κ1) is 18.7. The van der Waals surface area contributed by atoms with Crippen molar-refractivity contribution in [1.82, 2.24) is 10.2 Å². The van der Waals surface area contributed by atoms with Crippen molar-refractivity contribution in [3.05, 3.63) is 30.3 Å². The Morgan fingerprint density at radius 2 is 1.96 bits per heavy atom. The van der Waals surface area contributed by atoms with E-state index < -0.39 is 0 Å². The van der Waals surface area contributed by atoms with Crippen molar-refractivity contribution in [2.75, 3.05) is 39.5 Å². The van der Waals surface area contributed by atoms with Gasteiger partial charge < -0.3 is 14.8 Å². The molecule has 1 aromatic rings. The third kappa shape index (κ3) is 6.89. The van der Waals surface area contributed by atoms with E-state index in [0.717, 1.165) is 38.5 Å². The quantitative estimate of drug-likeness (QED) is 0.753. The van der Waals surface area contributed by atoms with Crippen LogP contribution in [0.3, 0.4) is 0 Å². The average Bonchev–Trinajstić information content (AvgIpc) is 2.60. The molecule has 2 rings (SSSR count). The maximum Gasteiger partial charge on any atom is 0.223 e. The van der Waals surface area contributed by atoms with Gasteiger partial charge in [0.1, 0.15) is 5.75 Å². The summed E-state index contributed by atoms with van der Waals surface area (Å²) in [5, 5.41) is 3.07. The summed E-state index contributed by atoms with van der Waals surface area (Å²) in [4.78, 5) is 14.5. The minimum absolute atomic E-state index is 0.0490. The van der Waals surface area contributed by atoms with Crippen LogP contribution in [0.5, 0.6) is 5.75 Å². The molecular weight excluding hydrogens is 304 g/mol. The number of rotatable bonds is 9. The second-order valence-corrected chi connectivity index (χ2v) is 6.65. The van der Waals surface area contributed by atoms with Gasteiger partial charge in [0, 0.05) is 25.7 Å². The van der Waals surface area contributed by atoms with Crippen molar-refractivity contribution in [1.29, 1.82) is 0 Å². The summed E-state index contributed by atoms with van der Waals surface area (Å²) < 4.78 is 11.0. The zero-order valence-electron chi connectivity index (χ0n) is 14.9. The average molecular weight is 334 g/mol. The molecule has 0 spiro atoms. The topological polar surface area (TPSA) is 50.8 Å². The van der Waals surface area contributed by atoms with Crippen molar-refractivity contribution in [2.24, 2.45) is 5.92 Å². The monoisotopic (exact) mass is 334 g/mol. The predicted molar refractivity (Wildman–Crippen MR) is 95.2 cm³/mol. The van der Waals surface area contributed by atoms with Crippen LogP contribution in [0.15, 0.2) is 30.3 Å². The third-order valence-corrected chi connectivity index (χ3v) is 4.18. The van der Waals surface area contributed by atoms with Gasteiger partial charge in [0.2, 0.25) is 5.91 Å². The molecule has 1 aliphatic heterocycles. The molecule has 1 atom stereocenters. The van der Waals surface area contributed by atoms with Crippen LogP contribution in [0.2, 0.25) is 0 Å². The molecule has 1 fully saturated rings. The second-order valence-electron chi connectivity index (χ2n) is 6.65. The summed E-state index contributed by atoms with van der Waals surface area (Å²) in [6.45, 7) is 9.02. The minimum Gasteiger partial charge on any atom is -0.493 e. The number of morpholine rings is 1. The van der Waals surface area contributed by atoms with Crippen molar-refractivity contribution < 1.29 is 14.3 Å². The van der Waals surface area contributed by atoms with Crippen LogP contribution in [0, 0.1) is 5.92 Å². The second kappa shape index (κ2) is 10.3. The van der Waals surface area contributed by atoms with E-state index in [1.165, 1.54) is 0 Å². The highest BCUT2D eigenvalue weighted by molar-refractivity contribution is 5.76. The normalized spacial score (nSPS) is 16.8. The van der Waals surface area contributed by atoms with Gasteiger partial charge in [0.05, 0.1) is 26.2 Å². The SMILES string of the molecule is CC(C)CC(CNC(=O)CCOc1ccccc1)N1CCOCC1. The Hall–Kier alpha value is -1.59. The van der Waals surface area contributed by atoms with Crippen LogP contribution in [0.25, 0.3) is 0 Å². The van der Waals surface area contributed by atoms with Crippen LogP contribution in [-0.2, 0) is 9.53 Å². The number of nitrogens with zero attached hydrogens (tertiary/aromatic N) is 1. The Labute approximate surface area is 145 Å². The van der Waals surface area contributed by atoms with Crippen LogP contribution < -0.4 is 10.1 Å². The van der Waals surface area contributed by atoms with E-state index in [0.29, 0.717) is 31.5 Å². The number of para-hydroxylation sites is 1. The Kier molecular flexibility index (Phi) is 8.05. The zero-order valence-corrected chi connectivity index (χ0v) is 14.9. The van der Waals surface area contributed by atoms with Gasteiger partial charge >= 0.3 is 0 Å². The summed E-state index contributed by atoms with van der Waals surface area (Å²) >= 11 is 0. The molecule has 0 bridgehead atoms.